The molecule has 1 spiro atoms. The Morgan fingerprint density at radius 3 is 2.89 bits per heavy atom. The van der Waals surface area contributed by atoms with E-state index in [9.17, 15) is 4.79 Å². The molecular formula is C20H31N5O2. The summed E-state index contributed by atoms with van der Waals surface area (Å²) in [6.07, 6.45) is 7.11. The fourth-order valence-electron chi connectivity index (χ4n) is 4.89. The summed E-state index contributed by atoms with van der Waals surface area (Å²) in [5.41, 5.74) is 0.0717. The van der Waals surface area contributed by atoms with Crippen LogP contribution >= 0.6 is 0 Å². The highest BCUT2D eigenvalue weighted by Crippen LogP contribution is 2.36. The average molecular weight is 374 g/mol. The van der Waals surface area contributed by atoms with Gasteiger partial charge in [-0.25, -0.2) is 0 Å². The van der Waals surface area contributed by atoms with E-state index in [1.807, 2.05) is 13.1 Å². The van der Waals surface area contributed by atoms with Gasteiger partial charge in [0.15, 0.2) is 5.96 Å². The summed E-state index contributed by atoms with van der Waals surface area (Å²) in [5, 5.41) is 6.61. The number of carbonyl (C=O) groups is 1. The van der Waals surface area contributed by atoms with Crippen molar-refractivity contribution in [3.8, 4) is 0 Å². The van der Waals surface area contributed by atoms with E-state index < -0.39 is 0 Å². The molecule has 7 nitrogen and oxygen atoms in total. The van der Waals surface area contributed by atoms with Gasteiger partial charge in [-0.2, -0.15) is 0 Å². The lowest BCUT2D eigenvalue weighted by Gasteiger charge is -2.41. The Labute approximate surface area is 161 Å². The predicted octanol–water partition coefficient (Wildman–Crippen LogP) is 1.59. The van der Waals surface area contributed by atoms with Crippen LogP contribution in [0.5, 0.6) is 0 Å². The maximum absolute atomic E-state index is 11.8. The summed E-state index contributed by atoms with van der Waals surface area (Å²) in [7, 11) is 1.85. The SMILES string of the molecule is CN=C(NCC(c1ccco1)N1CCCC1)N1CCCC2(CNC(=O)C2)C1. The normalized spacial score (nSPS) is 28.0. The van der Waals surface area contributed by atoms with Crippen molar-refractivity contribution in [2.24, 2.45) is 10.4 Å². The number of hydrogen-bond acceptors (Lipinski definition) is 4. The van der Waals surface area contributed by atoms with E-state index in [0.717, 1.165) is 63.8 Å². The van der Waals surface area contributed by atoms with Crippen LogP contribution in [0.1, 0.15) is 43.9 Å². The van der Waals surface area contributed by atoms with Crippen LogP contribution in [0.3, 0.4) is 0 Å². The predicted molar refractivity (Wildman–Crippen MR) is 104 cm³/mol. The van der Waals surface area contributed by atoms with Crippen molar-refractivity contribution >= 4 is 11.9 Å². The molecule has 7 heteroatoms. The third kappa shape index (κ3) is 3.98. The van der Waals surface area contributed by atoms with Gasteiger partial charge in [0.2, 0.25) is 5.91 Å². The molecule has 0 radical (unpaired) electrons. The Morgan fingerprint density at radius 2 is 2.22 bits per heavy atom. The van der Waals surface area contributed by atoms with E-state index in [1.54, 1.807) is 6.26 Å². The maximum Gasteiger partial charge on any atom is 0.220 e. The lowest BCUT2D eigenvalue weighted by Crippen LogP contribution is -2.52. The summed E-state index contributed by atoms with van der Waals surface area (Å²) >= 11 is 0. The molecule has 148 valence electrons. The fraction of sp³-hybridized carbons (Fsp3) is 0.700. The number of guanidine groups is 1. The van der Waals surface area contributed by atoms with Crippen molar-refractivity contribution in [3.05, 3.63) is 24.2 Å². The van der Waals surface area contributed by atoms with Crippen LogP contribution in [-0.4, -0.2) is 68.0 Å². The molecule has 1 aromatic rings. The van der Waals surface area contributed by atoms with Gasteiger partial charge >= 0.3 is 0 Å². The zero-order chi connectivity index (χ0) is 18.7. The standard InChI is InChI=1S/C20H31N5O2/c1-21-19(25-10-5-7-20(15-25)12-18(26)23-14-20)22-13-16(17-6-4-11-27-17)24-8-2-3-9-24/h4,6,11,16H,2-3,5,7-10,12-15H2,1H3,(H,21,22)(H,23,26). The third-order valence-electron chi connectivity index (χ3n) is 6.28. The summed E-state index contributed by atoms with van der Waals surface area (Å²) in [6, 6.07) is 4.26. The van der Waals surface area contributed by atoms with Crippen LogP contribution < -0.4 is 10.6 Å². The smallest absolute Gasteiger partial charge is 0.220 e. The maximum atomic E-state index is 11.8. The van der Waals surface area contributed by atoms with Gasteiger partial charge in [-0.15, -0.1) is 0 Å². The molecule has 0 aliphatic carbocycles. The lowest BCUT2D eigenvalue weighted by atomic mass is 9.79. The molecule has 4 heterocycles. The van der Waals surface area contributed by atoms with Crippen LogP contribution in [0.2, 0.25) is 0 Å². The minimum Gasteiger partial charge on any atom is -0.468 e. The first-order valence-corrected chi connectivity index (χ1v) is 10.2. The van der Waals surface area contributed by atoms with Gasteiger partial charge in [0.05, 0.1) is 12.3 Å². The van der Waals surface area contributed by atoms with Crippen LogP contribution in [-0.2, 0) is 4.79 Å². The quantitative estimate of drug-likeness (QED) is 0.619. The molecule has 3 fully saturated rings. The van der Waals surface area contributed by atoms with Gasteiger partial charge in [-0.05, 0) is 50.9 Å². The minimum atomic E-state index is 0.0717. The van der Waals surface area contributed by atoms with Crippen molar-refractivity contribution in [3.63, 3.8) is 0 Å². The van der Waals surface area contributed by atoms with E-state index >= 15 is 0 Å². The topological polar surface area (TPSA) is 73.1 Å². The van der Waals surface area contributed by atoms with E-state index in [4.69, 9.17) is 4.42 Å². The molecule has 4 rings (SSSR count). The van der Waals surface area contributed by atoms with Gasteiger partial charge in [-0.3, -0.25) is 14.7 Å². The first-order valence-electron chi connectivity index (χ1n) is 10.2. The number of furan rings is 1. The van der Waals surface area contributed by atoms with Crippen LogP contribution in [0.15, 0.2) is 27.8 Å². The average Bonchev–Trinajstić information content (AvgIpc) is 3.43. The number of amides is 1. The summed E-state index contributed by atoms with van der Waals surface area (Å²) in [6.45, 7) is 5.69. The van der Waals surface area contributed by atoms with E-state index in [2.05, 4.69) is 31.5 Å². The second-order valence-corrected chi connectivity index (χ2v) is 8.18. The molecule has 3 aliphatic heterocycles. The largest absolute Gasteiger partial charge is 0.468 e. The summed E-state index contributed by atoms with van der Waals surface area (Å²) in [4.78, 5) is 21.1. The Hall–Kier alpha value is -2.02. The molecule has 2 N–H and O–H groups in total. The Kier molecular flexibility index (Phi) is 5.38. The van der Waals surface area contributed by atoms with E-state index in [-0.39, 0.29) is 17.4 Å². The Balaban J connectivity index is 1.41. The molecule has 1 aromatic heterocycles. The molecule has 0 bridgehead atoms. The summed E-state index contributed by atoms with van der Waals surface area (Å²) < 4.78 is 5.73. The molecule has 2 atom stereocenters. The molecule has 2 unspecified atom stereocenters. The zero-order valence-corrected chi connectivity index (χ0v) is 16.2. The van der Waals surface area contributed by atoms with E-state index in [1.165, 1.54) is 12.8 Å². The number of rotatable bonds is 4. The highest BCUT2D eigenvalue weighted by atomic mass is 16.3. The second-order valence-electron chi connectivity index (χ2n) is 8.18. The molecule has 0 saturated carbocycles. The zero-order valence-electron chi connectivity index (χ0n) is 16.2. The number of piperidine rings is 1. The first kappa shape index (κ1) is 18.3. The second kappa shape index (κ2) is 7.92. The first-order chi connectivity index (χ1) is 13.2. The number of nitrogens with one attached hydrogen (secondary N) is 2. The molecule has 3 saturated heterocycles. The van der Waals surface area contributed by atoms with Gasteiger partial charge in [0.1, 0.15) is 5.76 Å². The number of hydrogen-bond donors (Lipinski definition) is 2. The van der Waals surface area contributed by atoms with E-state index in [0.29, 0.717) is 6.42 Å². The molecule has 27 heavy (non-hydrogen) atoms. The highest BCUT2D eigenvalue weighted by Gasteiger charge is 2.42. The molecule has 1 amide bonds. The number of nitrogens with zero attached hydrogens (tertiary/aromatic N) is 3. The Bertz CT molecular complexity index is 668. The van der Waals surface area contributed by atoms with Crippen molar-refractivity contribution in [1.82, 2.24) is 20.4 Å². The fourth-order valence-corrected chi connectivity index (χ4v) is 4.89. The van der Waals surface area contributed by atoms with Crippen molar-refractivity contribution in [2.75, 3.05) is 46.3 Å². The van der Waals surface area contributed by atoms with Crippen LogP contribution in [0, 0.1) is 5.41 Å². The van der Waals surface area contributed by atoms with Crippen molar-refractivity contribution in [1.29, 1.82) is 0 Å². The van der Waals surface area contributed by atoms with Gasteiger partial charge in [0, 0.05) is 45.1 Å². The molecule has 3 aliphatic rings. The van der Waals surface area contributed by atoms with Gasteiger partial charge in [-0.1, -0.05) is 0 Å². The lowest BCUT2D eigenvalue weighted by molar-refractivity contribution is -0.119. The van der Waals surface area contributed by atoms with Crippen LogP contribution in [0.4, 0.5) is 0 Å². The molecular weight excluding hydrogens is 342 g/mol. The van der Waals surface area contributed by atoms with Crippen LogP contribution in [0.25, 0.3) is 0 Å². The monoisotopic (exact) mass is 373 g/mol. The highest BCUT2D eigenvalue weighted by molar-refractivity contribution is 5.81. The Morgan fingerprint density at radius 1 is 1.37 bits per heavy atom. The third-order valence-corrected chi connectivity index (χ3v) is 6.28. The number of aliphatic imine (C=N–C) groups is 1. The van der Waals surface area contributed by atoms with Crippen molar-refractivity contribution < 1.29 is 9.21 Å². The number of likely N-dealkylation sites (tertiary alicyclic amines) is 2. The van der Waals surface area contributed by atoms with Gasteiger partial charge < -0.3 is 20.0 Å². The van der Waals surface area contributed by atoms with Gasteiger partial charge in [0.25, 0.3) is 0 Å². The minimum absolute atomic E-state index is 0.0717. The van der Waals surface area contributed by atoms with Crippen molar-refractivity contribution in [2.45, 2.75) is 38.1 Å². The summed E-state index contributed by atoms with van der Waals surface area (Å²) in [5.74, 6) is 2.14. The molecule has 0 aromatic carbocycles. The number of carbonyl (C=O) groups excluding carboxylic acids is 1.